The molecule has 2 rings (SSSR count). The van der Waals surface area contributed by atoms with Crippen molar-refractivity contribution in [3.8, 4) is 0 Å². The second kappa shape index (κ2) is 4.27. The van der Waals surface area contributed by atoms with Crippen molar-refractivity contribution in [2.45, 2.75) is 57.4 Å². The molecular weight excluding hydrogens is 146 g/mol. The highest BCUT2D eigenvalue weighted by molar-refractivity contribution is 4.80. The first-order chi connectivity index (χ1) is 5.95. The quantitative estimate of drug-likeness (QED) is 0.600. The summed E-state index contributed by atoms with van der Waals surface area (Å²) in [5.41, 5.74) is 0. The summed E-state index contributed by atoms with van der Waals surface area (Å²) in [6.07, 6.45) is 11.8. The van der Waals surface area contributed by atoms with E-state index in [0.717, 1.165) is 12.0 Å². The molecule has 0 aliphatic heterocycles. The molecule has 0 heterocycles. The number of rotatable bonds is 6. The van der Waals surface area contributed by atoms with Gasteiger partial charge in [0, 0.05) is 6.04 Å². The van der Waals surface area contributed by atoms with Crippen LogP contribution in [0.25, 0.3) is 0 Å². The molecule has 2 fully saturated rings. The Morgan fingerprint density at radius 2 is 1.83 bits per heavy atom. The minimum Gasteiger partial charge on any atom is -0.314 e. The average Bonchev–Trinajstić information content (AvgIpc) is 2.76. The Hall–Kier alpha value is -0.0400. The molecule has 2 aliphatic rings. The van der Waals surface area contributed by atoms with Gasteiger partial charge in [0.25, 0.3) is 0 Å². The average molecular weight is 167 g/mol. The van der Waals surface area contributed by atoms with E-state index in [0.29, 0.717) is 0 Å². The fourth-order valence-corrected chi connectivity index (χ4v) is 1.93. The van der Waals surface area contributed by atoms with Crippen LogP contribution in [0.4, 0.5) is 0 Å². The summed E-state index contributed by atoms with van der Waals surface area (Å²) in [5, 5.41) is 3.57. The van der Waals surface area contributed by atoms with Crippen molar-refractivity contribution in [1.82, 2.24) is 5.32 Å². The predicted molar refractivity (Wildman–Crippen MR) is 52.2 cm³/mol. The lowest BCUT2D eigenvalue weighted by Gasteiger charge is -2.24. The monoisotopic (exact) mass is 167 g/mol. The van der Waals surface area contributed by atoms with Crippen LogP contribution in [0.2, 0.25) is 0 Å². The van der Waals surface area contributed by atoms with Crippen LogP contribution in [0, 0.1) is 5.92 Å². The van der Waals surface area contributed by atoms with Crippen molar-refractivity contribution < 1.29 is 0 Å². The largest absolute Gasteiger partial charge is 0.314 e. The number of unbranched alkanes of at least 4 members (excludes halogenated alkanes) is 1. The fourth-order valence-electron chi connectivity index (χ4n) is 1.93. The molecule has 0 amide bonds. The number of hydrogen-bond donors (Lipinski definition) is 1. The van der Waals surface area contributed by atoms with E-state index >= 15 is 0 Å². The van der Waals surface area contributed by atoms with E-state index in [-0.39, 0.29) is 0 Å². The van der Waals surface area contributed by atoms with Gasteiger partial charge in [-0.2, -0.15) is 0 Å². The molecule has 70 valence electrons. The third kappa shape index (κ3) is 2.78. The van der Waals surface area contributed by atoms with Crippen LogP contribution in [0.1, 0.15) is 51.4 Å². The first kappa shape index (κ1) is 8.55. The van der Waals surface area contributed by atoms with E-state index < -0.39 is 0 Å². The van der Waals surface area contributed by atoms with Gasteiger partial charge in [-0.15, -0.1) is 0 Å². The van der Waals surface area contributed by atoms with Crippen molar-refractivity contribution >= 4 is 0 Å². The molecule has 1 N–H and O–H groups in total. The standard InChI is InChI=1S/C11H21N/c1(4-10-5-3-6-10)2-9-12-11-7-8-11/h10-12H,1-9H2. The zero-order valence-electron chi connectivity index (χ0n) is 8.02. The van der Waals surface area contributed by atoms with Crippen molar-refractivity contribution in [3.63, 3.8) is 0 Å². The molecule has 0 saturated heterocycles. The first-order valence-electron chi connectivity index (χ1n) is 5.68. The maximum absolute atomic E-state index is 3.57. The summed E-state index contributed by atoms with van der Waals surface area (Å²) < 4.78 is 0. The topological polar surface area (TPSA) is 12.0 Å². The second-order valence-corrected chi connectivity index (χ2v) is 4.52. The van der Waals surface area contributed by atoms with Gasteiger partial charge in [-0.1, -0.05) is 32.1 Å². The highest BCUT2D eigenvalue weighted by atomic mass is 14.9. The first-order valence-corrected chi connectivity index (χ1v) is 5.68. The molecule has 0 aromatic carbocycles. The normalized spacial score (nSPS) is 24.0. The van der Waals surface area contributed by atoms with Gasteiger partial charge in [-0.25, -0.2) is 0 Å². The van der Waals surface area contributed by atoms with E-state index in [1.165, 1.54) is 57.9 Å². The Labute approximate surface area is 75.9 Å². The maximum atomic E-state index is 3.57. The van der Waals surface area contributed by atoms with Gasteiger partial charge >= 0.3 is 0 Å². The van der Waals surface area contributed by atoms with Gasteiger partial charge in [0.05, 0.1) is 0 Å². The van der Waals surface area contributed by atoms with Gasteiger partial charge < -0.3 is 5.32 Å². The van der Waals surface area contributed by atoms with Crippen LogP contribution < -0.4 is 5.32 Å². The van der Waals surface area contributed by atoms with Gasteiger partial charge in [-0.05, 0) is 31.7 Å². The predicted octanol–water partition coefficient (Wildman–Crippen LogP) is 2.71. The van der Waals surface area contributed by atoms with Gasteiger partial charge in [0.2, 0.25) is 0 Å². The Kier molecular flexibility index (Phi) is 3.04. The molecule has 0 atom stereocenters. The lowest BCUT2D eigenvalue weighted by molar-refractivity contribution is 0.287. The summed E-state index contributed by atoms with van der Waals surface area (Å²) in [7, 11) is 0. The van der Waals surface area contributed by atoms with Gasteiger partial charge in [0.1, 0.15) is 0 Å². The molecule has 0 bridgehead atoms. The summed E-state index contributed by atoms with van der Waals surface area (Å²) in [6.45, 7) is 1.28. The molecule has 1 nitrogen and oxygen atoms in total. The minimum atomic E-state index is 0.911. The molecule has 0 aromatic heterocycles. The zero-order valence-corrected chi connectivity index (χ0v) is 8.02. The van der Waals surface area contributed by atoms with Crippen molar-refractivity contribution in [3.05, 3.63) is 0 Å². The van der Waals surface area contributed by atoms with Crippen LogP contribution in [0.5, 0.6) is 0 Å². The Balaban J connectivity index is 1.35. The SMILES string of the molecule is C(CCC1CCC1)CNC1CC1. The highest BCUT2D eigenvalue weighted by Gasteiger charge is 2.20. The third-order valence-electron chi connectivity index (χ3n) is 3.27. The van der Waals surface area contributed by atoms with E-state index in [4.69, 9.17) is 0 Å². The van der Waals surface area contributed by atoms with E-state index in [1.54, 1.807) is 0 Å². The Bertz CT molecular complexity index is 125. The Morgan fingerprint density at radius 1 is 1.00 bits per heavy atom. The van der Waals surface area contributed by atoms with Crippen molar-refractivity contribution in [2.24, 2.45) is 5.92 Å². The van der Waals surface area contributed by atoms with Crippen molar-refractivity contribution in [2.75, 3.05) is 6.54 Å². The van der Waals surface area contributed by atoms with Crippen LogP contribution in [-0.4, -0.2) is 12.6 Å². The molecular formula is C11H21N. The maximum Gasteiger partial charge on any atom is 0.00682 e. The van der Waals surface area contributed by atoms with Crippen molar-refractivity contribution in [1.29, 1.82) is 0 Å². The molecule has 12 heavy (non-hydrogen) atoms. The number of hydrogen-bond acceptors (Lipinski definition) is 1. The molecule has 2 aliphatic carbocycles. The Morgan fingerprint density at radius 3 is 2.42 bits per heavy atom. The second-order valence-electron chi connectivity index (χ2n) is 4.52. The molecule has 2 saturated carbocycles. The van der Waals surface area contributed by atoms with Crippen LogP contribution in [0.3, 0.4) is 0 Å². The third-order valence-corrected chi connectivity index (χ3v) is 3.27. The van der Waals surface area contributed by atoms with Gasteiger partial charge in [-0.3, -0.25) is 0 Å². The molecule has 0 aromatic rings. The minimum absolute atomic E-state index is 0.911. The van der Waals surface area contributed by atoms with Gasteiger partial charge in [0.15, 0.2) is 0 Å². The van der Waals surface area contributed by atoms with E-state index in [9.17, 15) is 0 Å². The molecule has 0 unspecified atom stereocenters. The fraction of sp³-hybridized carbons (Fsp3) is 1.00. The van der Waals surface area contributed by atoms with Crippen LogP contribution in [0.15, 0.2) is 0 Å². The summed E-state index contributed by atoms with van der Waals surface area (Å²) in [4.78, 5) is 0. The zero-order chi connectivity index (χ0) is 8.23. The van der Waals surface area contributed by atoms with Crippen LogP contribution in [-0.2, 0) is 0 Å². The summed E-state index contributed by atoms with van der Waals surface area (Å²) >= 11 is 0. The smallest absolute Gasteiger partial charge is 0.00682 e. The van der Waals surface area contributed by atoms with E-state index in [1.807, 2.05) is 0 Å². The lowest BCUT2D eigenvalue weighted by Crippen LogP contribution is -2.18. The lowest BCUT2D eigenvalue weighted by atomic mass is 9.82. The van der Waals surface area contributed by atoms with Crippen LogP contribution >= 0.6 is 0 Å². The van der Waals surface area contributed by atoms with E-state index in [2.05, 4.69) is 5.32 Å². The number of nitrogens with one attached hydrogen (secondary N) is 1. The molecule has 1 heteroatoms. The summed E-state index contributed by atoms with van der Waals surface area (Å²) in [5.74, 6) is 1.12. The molecule has 0 spiro atoms. The molecule has 0 radical (unpaired) electrons. The summed E-state index contributed by atoms with van der Waals surface area (Å²) in [6, 6.07) is 0.911. The highest BCUT2D eigenvalue weighted by Crippen LogP contribution is 2.30.